The molecular weight excluding hydrogens is 248 g/mol. The van der Waals surface area contributed by atoms with Crippen molar-refractivity contribution in [1.82, 2.24) is 10.2 Å². The van der Waals surface area contributed by atoms with E-state index in [0.717, 1.165) is 19.0 Å². The molecule has 0 aliphatic carbocycles. The topological polar surface area (TPSA) is 24.5 Å². The number of likely N-dealkylation sites (tertiary alicyclic amines) is 1. The van der Waals surface area contributed by atoms with Gasteiger partial charge in [-0.25, -0.2) is 0 Å². The number of hydrogen-bond acceptors (Lipinski definition) is 3. The van der Waals surface area contributed by atoms with Crippen molar-refractivity contribution in [2.45, 2.75) is 32.9 Å². The van der Waals surface area contributed by atoms with Crippen molar-refractivity contribution in [3.8, 4) is 0 Å². The van der Waals surface area contributed by atoms with E-state index in [9.17, 15) is 0 Å². The number of hydrogen-bond donors (Lipinski definition) is 1. The van der Waals surface area contributed by atoms with Gasteiger partial charge in [0.05, 0.1) is 6.61 Å². The van der Waals surface area contributed by atoms with Crippen LogP contribution in [0.15, 0.2) is 24.3 Å². The van der Waals surface area contributed by atoms with E-state index >= 15 is 0 Å². The SMILES string of the molecule is CCN1CCC(CNCc2ccc(COC)cc2)CC1. The summed E-state index contributed by atoms with van der Waals surface area (Å²) in [6, 6.07) is 8.70. The van der Waals surface area contributed by atoms with E-state index in [4.69, 9.17) is 4.74 Å². The Morgan fingerprint density at radius 2 is 1.80 bits per heavy atom. The molecule has 0 amide bonds. The van der Waals surface area contributed by atoms with Gasteiger partial charge in [-0.2, -0.15) is 0 Å². The quantitative estimate of drug-likeness (QED) is 0.828. The summed E-state index contributed by atoms with van der Waals surface area (Å²) in [7, 11) is 1.74. The summed E-state index contributed by atoms with van der Waals surface area (Å²) in [4.78, 5) is 2.55. The van der Waals surface area contributed by atoms with Crippen LogP contribution in [0, 0.1) is 5.92 Å². The van der Waals surface area contributed by atoms with E-state index in [2.05, 4.69) is 41.4 Å². The highest BCUT2D eigenvalue weighted by Gasteiger charge is 2.17. The second-order valence-corrected chi connectivity index (χ2v) is 5.76. The molecule has 112 valence electrons. The van der Waals surface area contributed by atoms with E-state index in [1.807, 2.05) is 0 Å². The summed E-state index contributed by atoms with van der Waals surface area (Å²) >= 11 is 0. The number of methoxy groups -OCH3 is 1. The number of ether oxygens (including phenoxy) is 1. The Labute approximate surface area is 123 Å². The summed E-state index contributed by atoms with van der Waals surface area (Å²) in [5.41, 5.74) is 2.60. The molecule has 1 aliphatic heterocycles. The van der Waals surface area contributed by atoms with Crippen LogP contribution < -0.4 is 5.32 Å². The number of nitrogens with one attached hydrogen (secondary N) is 1. The molecule has 1 aromatic carbocycles. The lowest BCUT2D eigenvalue weighted by molar-refractivity contribution is 0.185. The van der Waals surface area contributed by atoms with E-state index in [1.165, 1.54) is 43.6 Å². The van der Waals surface area contributed by atoms with Gasteiger partial charge in [0.2, 0.25) is 0 Å². The zero-order valence-corrected chi connectivity index (χ0v) is 12.9. The third-order valence-electron chi connectivity index (χ3n) is 4.25. The first-order valence-electron chi connectivity index (χ1n) is 7.81. The average molecular weight is 276 g/mol. The molecule has 1 heterocycles. The molecule has 1 saturated heterocycles. The predicted molar refractivity (Wildman–Crippen MR) is 83.7 cm³/mol. The highest BCUT2D eigenvalue weighted by atomic mass is 16.5. The van der Waals surface area contributed by atoms with Crippen molar-refractivity contribution < 1.29 is 4.74 Å². The molecule has 1 fully saturated rings. The molecule has 20 heavy (non-hydrogen) atoms. The van der Waals surface area contributed by atoms with E-state index in [-0.39, 0.29) is 0 Å². The number of piperidine rings is 1. The van der Waals surface area contributed by atoms with Gasteiger partial charge in [0, 0.05) is 13.7 Å². The summed E-state index contributed by atoms with van der Waals surface area (Å²) in [6.45, 7) is 8.82. The van der Waals surface area contributed by atoms with Crippen LogP contribution in [0.2, 0.25) is 0 Å². The van der Waals surface area contributed by atoms with Gasteiger partial charge in [-0.05, 0) is 56.1 Å². The molecule has 3 nitrogen and oxygen atoms in total. The van der Waals surface area contributed by atoms with Crippen LogP contribution in [-0.2, 0) is 17.9 Å². The Morgan fingerprint density at radius 1 is 1.15 bits per heavy atom. The van der Waals surface area contributed by atoms with Crippen LogP contribution in [-0.4, -0.2) is 38.2 Å². The average Bonchev–Trinajstić information content (AvgIpc) is 2.50. The molecule has 0 spiro atoms. The lowest BCUT2D eigenvalue weighted by Gasteiger charge is -2.31. The fraction of sp³-hybridized carbons (Fsp3) is 0.647. The van der Waals surface area contributed by atoms with Crippen LogP contribution in [0.1, 0.15) is 30.9 Å². The lowest BCUT2D eigenvalue weighted by atomic mass is 9.97. The second kappa shape index (κ2) is 8.40. The van der Waals surface area contributed by atoms with Crippen LogP contribution in [0.4, 0.5) is 0 Å². The molecule has 0 saturated carbocycles. The highest BCUT2D eigenvalue weighted by Crippen LogP contribution is 2.16. The first-order chi connectivity index (χ1) is 9.81. The molecule has 0 atom stereocenters. The van der Waals surface area contributed by atoms with Gasteiger partial charge in [-0.15, -0.1) is 0 Å². The van der Waals surface area contributed by atoms with Gasteiger partial charge >= 0.3 is 0 Å². The normalized spacial score (nSPS) is 17.5. The van der Waals surface area contributed by atoms with E-state index in [1.54, 1.807) is 7.11 Å². The standard InChI is InChI=1S/C17H28N2O/c1-3-19-10-8-16(9-11-19)13-18-12-15-4-6-17(7-5-15)14-20-2/h4-7,16,18H,3,8-14H2,1-2H3. The van der Waals surface area contributed by atoms with Gasteiger partial charge in [-0.3, -0.25) is 0 Å². The number of benzene rings is 1. The molecule has 3 heteroatoms. The van der Waals surface area contributed by atoms with Gasteiger partial charge < -0.3 is 15.0 Å². The maximum atomic E-state index is 5.13. The predicted octanol–water partition coefficient (Wildman–Crippen LogP) is 2.65. The Bertz CT molecular complexity index is 369. The van der Waals surface area contributed by atoms with Crippen molar-refractivity contribution in [1.29, 1.82) is 0 Å². The van der Waals surface area contributed by atoms with Crippen molar-refractivity contribution in [3.05, 3.63) is 35.4 Å². The van der Waals surface area contributed by atoms with Crippen LogP contribution >= 0.6 is 0 Å². The van der Waals surface area contributed by atoms with Gasteiger partial charge in [-0.1, -0.05) is 31.2 Å². The fourth-order valence-electron chi connectivity index (χ4n) is 2.85. The van der Waals surface area contributed by atoms with E-state index < -0.39 is 0 Å². The minimum absolute atomic E-state index is 0.698. The van der Waals surface area contributed by atoms with Crippen molar-refractivity contribution in [2.75, 3.05) is 33.3 Å². The Hall–Kier alpha value is -0.900. The maximum absolute atomic E-state index is 5.13. The molecule has 0 bridgehead atoms. The van der Waals surface area contributed by atoms with Crippen molar-refractivity contribution >= 4 is 0 Å². The zero-order chi connectivity index (χ0) is 14.2. The van der Waals surface area contributed by atoms with Gasteiger partial charge in [0.25, 0.3) is 0 Å². The third kappa shape index (κ3) is 4.89. The molecule has 2 rings (SSSR count). The minimum atomic E-state index is 0.698. The summed E-state index contributed by atoms with van der Waals surface area (Å²) in [5, 5.41) is 3.61. The fourth-order valence-corrected chi connectivity index (χ4v) is 2.85. The number of rotatable bonds is 7. The lowest BCUT2D eigenvalue weighted by Crippen LogP contribution is -2.36. The molecule has 0 unspecified atom stereocenters. The van der Waals surface area contributed by atoms with Gasteiger partial charge in [0.15, 0.2) is 0 Å². The Balaban J connectivity index is 1.65. The highest BCUT2D eigenvalue weighted by molar-refractivity contribution is 5.21. The number of nitrogens with zero attached hydrogens (tertiary/aromatic N) is 1. The minimum Gasteiger partial charge on any atom is -0.380 e. The molecule has 0 aromatic heterocycles. The largest absolute Gasteiger partial charge is 0.380 e. The molecular formula is C17H28N2O. The van der Waals surface area contributed by atoms with Crippen LogP contribution in [0.5, 0.6) is 0 Å². The first-order valence-corrected chi connectivity index (χ1v) is 7.81. The Morgan fingerprint density at radius 3 is 2.40 bits per heavy atom. The summed E-state index contributed by atoms with van der Waals surface area (Å²) in [5.74, 6) is 0.852. The molecule has 1 N–H and O–H groups in total. The van der Waals surface area contributed by atoms with Gasteiger partial charge in [0.1, 0.15) is 0 Å². The second-order valence-electron chi connectivity index (χ2n) is 5.76. The van der Waals surface area contributed by atoms with Crippen molar-refractivity contribution in [2.24, 2.45) is 5.92 Å². The monoisotopic (exact) mass is 276 g/mol. The first kappa shape index (κ1) is 15.5. The Kier molecular flexibility index (Phi) is 6.51. The van der Waals surface area contributed by atoms with Crippen LogP contribution in [0.3, 0.4) is 0 Å². The van der Waals surface area contributed by atoms with E-state index in [0.29, 0.717) is 6.61 Å². The molecule has 0 radical (unpaired) electrons. The van der Waals surface area contributed by atoms with Crippen molar-refractivity contribution in [3.63, 3.8) is 0 Å². The smallest absolute Gasteiger partial charge is 0.0713 e. The molecule has 1 aliphatic rings. The maximum Gasteiger partial charge on any atom is 0.0713 e. The molecule has 1 aromatic rings. The summed E-state index contributed by atoms with van der Waals surface area (Å²) in [6.07, 6.45) is 2.68. The van der Waals surface area contributed by atoms with Crippen LogP contribution in [0.25, 0.3) is 0 Å². The summed E-state index contributed by atoms with van der Waals surface area (Å²) < 4.78 is 5.13. The third-order valence-corrected chi connectivity index (χ3v) is 4.25. The zero-order valence-electron chi connectivity index (χ0n) is 12.9.